The first-order valence-electron chi connectivity index (χ1n) is 4.91. The summed E-state index contributed by atoms with van der Waals surface area (Å²) < 4.78 is 10.7. The average molecular weight is 206 g/mol. The van der Waals surface area contributed by atoms with Crippen LogP contribution in [0.15, 0.2) is 22.6 Å². The van der Waals surface area contributed by atoms with Crippen LogP contribution in [0.5, 0.6) is 5.75 Å². The summed E-state index contributed by atoms with van der Waals surface area (Å²) >= 11 is 0. The molecule has 2 rings (SSSR count). The Morgan fingerprint density at radius 1 is 1.47 bits per heavy atom. The Hall–Kier alpha value is -1.55. The highest BCUT2D eigenvalue weighted by Crippen LogP contribution is 2.21. The summed E-state index contributed by atoms with van der Waals surface area (Å²) in [7, 11) is 3.55. The molecule has 4 nitrogen and oxygen atoms in total. The van der Waals surface area contributed by atoms with Gasteiger partial charge in [-0.25, -0.2) is 4.98 Å². The number of oxazole rings is 1. The van der Waals surface area contributed by atoms with Crippen molar-refractivity contribution in [2.45, 2.75) is 6.42 Å². The van der Waals surface area contributed by atoms with E-state index >= 15 is 0 Å². The van der Waals surface area contributed by atoms with Gasteiger partial charge in [-0.15, -0.1) is 0 Å². The second-order valence-electron chi connectivity index (χ2n) is 3.29. The van der Waals surface area contributed by atoms with E-state index in [0.717, 1.165) is 35.7 Å². The maximum atomic E-state index is 5.58. The normalized spacial score (nSPS) is 10.8. The molecule has 0 aliphatic heterocycles. The van der Waals surface area contributed by atoms with E-state index in [1.165, 1.54) is 0 Å². The van der Waals surface area contributed by atoms with Gasteiger partial charge in [-0.05, 0) is 19.2 Å². The topological polar surface area (TPSA) is 47.3 Å². The van der Waals surface area contributed by atoms with Crippen LogP contribution in [0.25, 0.3) is 11.1 Å². The van der Waals surface area contributed by atoms with Gasteiger partial charge in [-0.2, -0.15) is 0 Å². The van der Waals surface area contributed by atoms with Crippen molar-refractivity contribution in [3.05, 3.63) is 24.1 Å². The highest BCUT2D eigenvalue weighted by Gasteiger charge is 2.05. The summed E-state index contributed by atoms with van der Waals surface area (Å²) in [5.41, 5.74) is 1.65. The molecule has 0 bridgehead atoms. The zero-order chi connectivity index (χ0) is 10.7. The van der Waals surface area contributed by atoms with Gasteiger partial charge < -0.3 is 14.5 Å². The minimum Gasteiger partial charge on any atom is -0.497 e. The van der Waals surface area contributed by atoms with Crippen molar-refractivity contribution >= 4 is 11.1 Å². The molecule has 15 heavy (non-hydrogen) atoms. The molecule has 0 amide bonds. The first-order chi connectivity index (χ1) is 7.33. The third-order valence-electron chi connectivity index (χ3n) is 2.23. The molecule has 1 heterocycles. The molecule has 0 spiro atoms. The quantitative estimate of drug-likeness (QED) is 0.825. The number of fused-ring (bicyclic) bond motifs is 1. The summed E-state index contributed by atoms with van der Waals surface area (Å²) in [4.78, 5) is 4.36. The predicted octanol–water partition coefficient (Wildman–Crippen LogP) is 1.60. The molecule has 0 radical (unpaired) electrons. The summed E-state index contributed by atoms with van der Waals surface area (Å²) in [6.07, 6.45) is 0.799. The van der Waals surface area contributed by atoms with Gasteiger partial charge in [0.15, 0.2) is 11.5 Å². The lowest BCUT2D eigenvalue weighted by Crippen LogP contribution is -2.10. The number of methoxy groups -OCH3 is 1. The average Bonchev–Trinajstić information content (AvgIpc) is 2.67. The second kappa shape index (κ2) is 4.31. The maximum absolute atomic E-state index is 5.58. The number of nitrogens with zero attached hydrogens (tertiary/aromatic N) is 1. The van der Waals surface area contributed by atoms with Crippen LogP contribution in [0.1, 0.15) is 5.89 Å². The van der Waals surface area contributed by atoms with Crippen molar-refractivity contribution in [2.24, 2.45) is 0 Å². The van der Waals surface area contributed by atoms with Crippen LogP contribution in [-0.4, -0.2) is 25.7 Å². The van der Waals surface area contributed by atoms with Gasteiger partial charge >= 0.3 is 0 Å². The van der Waals surface area contributed by atoms with E-state index < -0.39 is 0 Å². The standard InChI is InChI=1S/C11H14N2O2/c1-12-6-5-11-13-9-4-3-8(14-2)7-10(9)15-11/h3-4,7,12H,5-6H2,1-2H3. The molecule has 1 aromatic carbocycles. The summed E-state index contributed by atoms with van der Waals surface area (Å²) in [5, 5.41) is 3.06. The zero-order valence-corrected chi connectivity index (χ0v) is 8.91. The van der Waals surface area contributed by atoms with Gasteiger partial charge in [0.25, 0.3) is 0 Å². The van der Waals surface area contributed by atoms with Gasteiger partial charge in [-0.1, -0.05) is 0 Å². The number of aromatic nitrogens is 1. The van der Waals surface area contributed by atoms with Crippen molar-refractivity contribution in [1.29, 1.82) is 0 Å². The fraction of sp³-hybridized carbons (Fsp3) is 0.364. The van der Waals surface area contributed by atoms with E-state index in [1.54, 1.807) is 7.11 Å². The zero-order valence-electron chi connectivity index (χ0n) is 8.91. The van der Waals surface area contributed by atoms with Crippen LogP contribution >= 0.6 is 0 Å². The SMILES string of the molecule is CNCCc1nc2ccc(OC)cc2o1. The van der Waals surface area contributed by atoms with E-state index in [1.807, 2.05) is 25.2 Å². The molecule has 0 aliphatic rings. The van der Waals surface area contributed by atoms with E-state index in [4.69, 9.17) is 9.15 Å². The van der Waals surface area contributed by atoms with E-state index in [2.05, 4.69) is 10.3 Å². The number of rotatable bonds is 4. The molecule has 2 aromatic rings. The fourth-order valence-electron chi connectivity index (χ4n) is 1.42. The molecular weight excluding hydrogens is 192 g/mol. The highest BCUT2D eigenvalue weighted by molar-refractivity contribution is 5.74. The molecule has 80 valence electrons. The lowest BCUT2D eigenvalue weighted by Gasteiger charge is -1.95. The van der Waals surface area contributed by atoms with Crippen molar-refractivity contribution in [3.63, 3.8) is 0 Å². The second-order valence-corrected chi connectivity index (χ2v) is 3.29. The molecule has 1 N–H and O–H groups in total. The summed E-state index contributed by atoms with van der Waals surface area (Å²) in [6.45, 7) is 0.865. The number of ether oxygens (including phenoxy) is 1. The Labute approximate surface area is 88.3 Å². The molecule has 0 aliphatic carbocycles. The van der Waals surface area contributed by atoms with Gasteiger partial charge in [0, 0.05) is 19.0 Å². The molecule has 0 atom stereocenters. The minimum atomic E-state index is 0.757. The van der Waals surface area contributed by atoms with Crippen LogP contribution in [-0.2, 0) is 6.42 Å². The monoisotopic (exact) mass is 206 g/mol. The molecular formula is C11H14N2O2. The maximum Gasteiger partial charge on any atom is 0.196 e. The third-order valence-corrected chi connectivity index (χ3v) is 2.23. The van der Waals surface area contributed by atoms with Crippen LogP contribution in [0.4, 0.5) is 0 Å². The van der Waals surface area contributed by atoms with E-state index in [0.29, 0.717) is 0 Å². The Kier molecular flexibility index (Phi) is 2.87. The fourth-order valence-corrected chi connectivity index (χ4v) is 1.42. The smallest absolute Gasteiger partial charge is 0.196 e. The Morgan fingerprint density at radius 3 is 3.07 bits per heavy atom. The Balaban J connectivity index is 2.29. The number of hydrogen-bond donors (Lipinski definition) is 1. The number of nitrogens with one attached hydrogen (secondary N) is 1. The molecule has 0 saturated heterocycles. The highest BCUT2D eigenvalue weighted by atomic mass is 16.5. The summed E-state index contributed by atoms with van der Waals surface area (Å²) in [6, 6.07) is 5.64. The van der Waals surface area contributed by atoms with Gasteiger partial charge in [0.2, 0.25) is 0 Å². The minimum absolute atomic E-state index is 0.757. The van der Waals surface area contributed by atoms with E-state index in [9.17, 15) is 0 Å². The molecule has 1 aromatic heterocycles. The number of hydrogen-bond acceptors (Lipinski definition) is 4. The lowest BCUT2D eigenvalue weighted by molar-refractivity contribution is 0.414. The first kappa shape index (κ1) is 9.98. The molecule has 4 heteroatoms. The van der Waals surface area contributed by atoms with Crippen LogP contribution in [0.2, 0.25) is 0 Å². The molecule has 0 fully saturated rings. The number of benzene rings is 1. The van der Waals surface area contributed by atoms with Crippen molar-refractivity contribution in [1.82, 2.24) is 10.3 Å². The van der Waals surface area contributed by atoms with Crippen molar-refractivity contribution < 1.29 is 9.15 Å². The third kappa shape index (κ3) is 2.10. The largest absolute Gasteiger partial charge is 0.497 e. The molecule has 0 saturated carbocycles. The van der Waals surface area contributed by atoms with Crippen LogP contribution < -0.4 is 10.1 Å². The van der Waals surface area contributed by atoms with Crippen LogP contribution in [0, 0.1) is 0 Å². The van der Waals surface area contributed by atoms with E-state index in [-0.39, 0.29) is 0 Å². The van der Waals surface area contributed by atoms with Crippen molar-refractivity contribution in [2.75, 3.05) is 20.7 Å². The Morgan fingerprint density at radius 2 is 2.33 bits per heavy atom. The van der Waals surface area contributed by atoms with Crippen molar-refractivity contribution in [3.8, 4) is 5.75 Å². The van der Waals surface area contributed by atoms with Crippen LogP contribution in [0.3, 0.4) is 0 Å². The summed E-state index contributed by atoms with van der Waals surface area (Å²) in [5.74, 6) is 1.55. The van der Waals surface area contributed by atoms with Gasteiger partial charge in [0.1, 0.15) is 11.3 Å². The van der Waals surface area contributed by atoms with Gasteiger partial charge in [-0.3, -0.25) is 0 Å². The van der Waals surface area contributed by atoms with Gasteiger partial charge in [0.05, 0.1) is 7.11 Å². The Bertz CT molecular complexity index is 451. The lowest BCUT2D eigenvalue weighted by atomic mass is 10.3. The number of likely N-dealkylation sites (N-methyl/N-ethyl adjacent to an activating group) is 1. The predicted molar refractivity (Wildman–Crippen MR) is 58.2 cm³/mol. The first-order valence-corrected chi connectivity index (χ1v) is 4.91. The molecule has 0 unspecified atom stereocenters.